The van der Waals surface area contributed by atoms with Gasteiger partial charge in [-0.15, -0.1) is 0 Å². The molecule has 0 spiro atoms. The van der Waals surface area contributed by atoms with Crippen molar-refractivity contribution >= 4 is 12.0 Å². The molecule has 1 heterocycles. The Hall–Kier alpha value is -1.34. The van der Waals surface area contributed by atoms with Crippen LogP contribution in [-0.4, -0.2) is 77.4 Å². The summed E-state index contributed by atoms with van der Waals surface area (Å²) in [5.41, 5.74) is 0. The van der Waals surface area contributed by atoms with Crippen LogP contribution in [0, 0.1) is 5.92 Å². The van der Waals surface area contributed by atoms with Crippen molar-refractivity contribution in [3.63, 3.8) is 0 Å². The maximum absolute atomic E-state index is 12.5. The van der Waals surface area contributed by atoms with Gasteiger partial charge in [-0.05, 0) is 63.8 Å². The number of piperidine rings is 1. The molecule has 7 heteroatoms. The fourth-order valence-electron chi connectivity index (χ4n) is 4.78. The molecular weight excluding hydrogens is 358 g/mol. The molecule has 7 nitrogen and oxygen atoms in total. The van der Waals surface area contributed by atoms with Crippen molar-refractivity contribution < 1.29 is 19.4 Å². The van der Waals surface area contributed by atoms with Gasteiger partial charge < -0.3 is 20.1 Å². The summed E-state index contributed by atoms with van der Waals surface area (Å²) in [6.07, 6.45) is 9.16. The highest BCUT2D eigenvalue weighted by molar-refractivity contribution is 5.74. The van der Waals surface area contributed by atoms with Gasteiger partial charge in [-0.2, -0.15) is 0 Å². The molecule has 0 aromatic rings. The van der Waals surface area contributed by atoms with Gasteiger partial charge in [0.1, 0.15) is 0 Å². The molecule has 0 atom stereocenters. The van der Waals surface area contributed by atoms with E-state index < -0.39 is 5.97 Å². The highest BCUT2D eigenvalue weighted by Gasteiger charge is 2.36. The van der Waals surface area contributed by atoms with Crippen molar-refractivity contribution in [1.82, 2.24) is 15.1 Å². The van der Waals surface area contributed by atoms with Gasteiger partial charge >= 0.3 is 12.0 Å². The lowest BCUT2D eigenvalue weighted by atomic mass is 9.85. The van der Waals surface area contributed by atoms with Gasteiger partial charge in [0.25, 0.3) is 0 Å². The van der Waals surface area contributed by atoms with Crippen LogP contribution < -0.4 is 5.32 Å². The van der Waals surface area contributed by atoms with Gasteiger partial charge in [0, 0.05) is 25.2 Å². The van der Waals surface area contributed by atoms with Gasteiger partial charge in [-0.25, -0.2) is 4.79 Å². The van der Waals surface area contributed by atoms with Crippen LogP contribution in [-0.2, 0) is 9.53 Å². The van der Waals surface area contributed by atoms with Crippen molar-refractivity contribution in [2.24, 2.45) is 5.92 Å². The first-order valence-corrected chi connectivity index (χ1v) is 11.1. The number of likely N-dealkylation sites (tertiary alicyclic amines) is 1. The van der Waals surface area contributed by atoms with Crippen LogP contribution in [0.25, 0.3) is 0 Å². The number of urea groups is 1. The molecule has 3 aliphatic rings. The molecule has 2 amide bonds. The van der Waals surface area contributed by atoms with Gasteiger partial charge in [0.05, 0.1) is 18.8 Å². The molecule has 0 bridgehead atoms. The first-order valence-electron chi connectivity index (χ1n) is 11.1. The van der Waals surface area contributed by atoms with Crippen molar-refractivity contribution in [1.29, 1.82) is 0 Å². The Morgan fingerprint density at radius 2 is 1.68 bits per heavy atom. The Morgan fingerprint density at radius 3 is 2.25 bits per heavy atom. The van der Waals surface area contributed by atoms with Crippen molar-refractivity contribution in [2.45, 2.75) is 89.5 Å². The normalized spacial score (nSPS) is 31.5. The van der Waals surface area contributed by atoms with E-state index in [9.17, 15) is 9.59 Å². The number of ether oxygens (including phenoxy) is 1. The minimum Gasteiger partial charge on any atom is -0.480 e. The highest BCUT2D eigenvalue weighted by Crippen LogP contribution is 2.29. The zero-order valence-corrected chi connectivity index (χ0v) is 17.4. The number of likely N-dealkylation sites (N-methyl/N-ethyl adjacent to an activating group) is 1. The summed E-state index contributed by atoms with van der Waals surface area (Å²) in [7, 11) is 0. The summed E-state index contributed by atoms with van der Waals surface area (Å²) in [5.74, 6) is 0.0483. The average molecular weight is 396 g/mol. The lowest BCUT2D eigenvalue weighted by Gasteiger charge is -2.43. The maximum atomic E-state index is 12.5. The third-order valence-electron chi connectivity index (χ3n) is 6.78. The Morgan fingerprint density at radius 1 is 1.07 bits per heavy atom. The lowest BCUT2D eigenvalue weighted by Crippen LogP contribution is -2.57. The van der Waals surface area contributed by atoms with Crippen molar-refractivity contribution in [3.05, 3.63) is 0 Å². The second-order valence-electron chi connectivity index (χ2n) is 8.93. The van der Waals surface area contributed by atoms with Crippen LogP contribution in [0.15, 0.2) is 0 Å². The Labute approximate surface area is 168 Å². The summed E-state index contributed by atoms with van der Waals surface area (Å²) in [6.45, 7) is 6.63. The summed E-state index contributed by atoms with van der Waals surface area (Å²) in [6, 6.07) is 0.456. The van der Waals surface area contributed by atoms with E-state index >= 15 is 0 Å². The number of nitrogens with one attached hydrogen (secondary N) is 1. The minimum absolute atomic E-state index is 0.0228. The molecule has 0 aromatic carbocycles. The van der Waals surface area contributed by atoms with E-state index in [4.69, 9.17) is 9.84 Å². The second kappa shape index (κ2) is 9.92. The maximum Gasteiger partial charge on any atom is 0.317 e. The van der Waals surface area contributed by atoms with Crippen LogP contribution >= 0.6 is 0 Å². The standard InChI is InChI=1S/C21H37N3O4/c1-3-23(14-20(25)26)17-12-16(13-17)22-21(27)24-10-8-19(9-11-24)28-18-6-4-15(2)5-7-18/h15-19H,3-14H2,1-2H3,(H,22,27)(H,25,26). The van der Waals surface area contributed by atoms with Gasteiger partial charge in [-0.3, -0.25) is 9.69 Å². The fourth-order valence-corrected chi connectivity index (χ4v) is 4.78. The molecule has 160 valence electrons. The highest BCUT2D eigenvalue weighted by atomic mass is 16.5. The molecule has 2 N–H and O–H groups in total. The molecule has 0 radical (unpaired) electrons. The van der Waals surface area contributed by atoms with E-state index in [-0.39, 0.29) is 24.7 Å². The summed E-state index contributed by atoms with van der Waals surface area (Å²) < 4.78 is 6.29. The van der Waals surface area contributed by atoms with Crippen molar-refractivity contribution in [2.75, 3.05) is 26.2 Å². The molecule has 0 unspecified atom stereocenters. The van der Waals surface area contributed by atoms with Gasteiger partial charge in [0.2, 0.25) is 0 Å². The first-order chi connectivity index (χ1) is 13.4. The predicted octanol–water partition coefficient (Wildman–Crippen LogP) is 2.69. The van der Waals surface area contributed by atoms with Crippen LogP contribution in [0.5, 0.6) is 0 Å². The number of carbonyl (C=O) groups excluding carboxylic acids is 1. The van der Waals surface area contributed by atoms with Gasteiger partial charge in [0.15, 0.2) is 0 Å². The SMILES string of the molecule is CCN(CC(=O)O)C1CC(NC(=O)N2CCC(OC3CCC(C)CC3)CC2)C1. The predicted molar refractivity (Wildman–Crippen MR) is 107 cm³/mol. The zero-order chi connectivity index (χ0) is 20.1. The smallest absolute Gasteiger partial charge is 0.317 e. The minimum atomic E-state index is -0.790. The molecule has 28 heavy (non-hydrogen) atoms. The van der Waals surface area contributed by atoms with Crippen LogP contribution in [0.1, 0.15) is 65.2 Å². The van der Waals surface area contributed by atoms with Crippen molar-refractivity contribution in [3.8, 4) is 0 Å². The van der Waals surface area contributed by atoms with E-state index in [0.717, 1.165) is 51.2 Å². The summed E-state index contributed by atoms with van der Waals surface area (Å²) >= 11 is 0. The van der Waals surface area contributed by atoms with Gasteiger partial charge in [-0.1, -0.05) is 13.8 Å². The molecule has 3 rings (SSSR count). The number of hydrogen-bond acceptors (Lipinski definition) is 4. The van der Waals surface area contributed by atoms with E-state index in [0.29, 0.717) is 12.2 Å². The van der Waals surface area contributed by atoms with Crippen LogP contribution in [0.3, 0.4) is 0 Å². The fraction of sp³-hybridized carbons (Fsp3) is 0.905. The number of hydrogen-bond donors (Lipinski definition) is 2. The summed E-state index contributed by atoms with van der Waals surface area (Å²) in [5, 5.41) is 12.1. The topological polar surface area (TPSA) is 82.1 Å². The monoisotopic (exact) mass is 395 g/mol. The summed E-state index contributed by atoms with van der Waals surface area (Å²) in [4.78, 5) is 27.3. The number of nitrogens with zero attached hydrogens (tertiary/aromatic N) is 2. The number of carboxylic acid groups (broad SMARTS) is 1. The molecule has 1 saturated heterocycles. The van der Waals surface area contributed by atoms with E-state index in [1.54, 1.807) is 0 Å². The number of carbonyl (C=O) groups is 2. The third kappa shape index (κ3) is 5.83. The Kier molecular flexibility index (Phi) is 7.57. The number of rotatable bonds is 7. The molecule has 0 aromatic heterocycles. The van der Waals surface area contributed by atoms with Crippen LogP contribution in [0.4, 0.5) is 4.79 Å². The molecular formula is C21H37N3O4. The third-order valence-corrected chi connectivity index (χ3v) is 6.78. The van der Waals surface area contributed by atoms with E-state index in [1.807, 2.05) is 16.7 Å². The molecule has 1 aliphatic heterocycles. The number of aliphatic carboxylic acids is 1. The Balaban J connectivity index is 1.32. The Bertz CT molecular complexity index is 522. The van der Waals surface area contributed by atoms with E-state index in [2.05, 4.69) is 12.2 Å². The zero-order valence-electron chi connectivity index (χ0n) is 17.4. The largest absolute Gasteiger partial charge is 0.480 e. The second-order valence-corrected chi connectivity index (χ2v) is 8.93. The molecule has 2 aliphatic carbocycles. The first kappa shape index (κ1) is 21.4. The quantitative estimate of drug-likeness (QED) is 0.693. The average Bonchev–Trinajstić information content (AvgIpc) is 2.65. The van der Waals surface area contributed by atoms with Crippen LogP contribution in [0.2, 0.25) is 0 Å². The van der Waals surface area contributed by atoms with E-state index in [1.165, 1.54) is 25.7 Å². The lowest BCUT2D eigenvalue weighted by molar-refractivity contribution is -0.139. The molecule has 2 saturated carbocycles. The number of carboxylic acids is 1. The molecule has 3 fully saturated rings. The number of amides is 2.